The van der Waals surface area contributed by atoms with E-state index in [-0.39, 0.29) is 0 Å². The summed E-state index contributed by atoms with van der Waals surface area (Å²) in [4.78, 5) is 11.4. The molecule has 4 heteroatoms. The number of fused-ring (bicyclic) bond motifs is 1. The van der Waals surface area contributed by atoms with E-state index in [0.29, 0.717) is 4.88 Å². The zero-order valence-corrected chi connectivity index (χ0v) is 9.81. The van der Waals surface area contributed by atoms with Gasteiger partial charge < -0.3 is 4.74 Å². The lowest BCUT2D eigenvalue weighted by Gasteiger charge is -2.00. The molecule has 2 nitrogen and oxygen atoms in total. The van der Waals surface area contributed by atoms with E-state index in [1.807, 2.05) is 18.2 Å². The predicted octanol–water partition coefficient (Wildman–Crippen LogP) is 3.48. The van der Waals surface area contributed by atoms with Crippen molar-refractivity contribution in [1.82, 2.24) is 0 Å². The van der Waals surface area contributed by atoms with Crippen molar-refractivity contribution >= 4 is 43.6 Å². The molecule has 2 rings (SSSR count). The molecule has 0 unspecified atom stereocenters. The van der Waals surface area contributed by atoms with Gasteiger partial charge in [0.2, 0.25) is 0 Å². The molecule has 0 bridgehead atoms. The highest BCUT2D eigenvalue weighted by molar-refractivity contribution is 9.10. The highest BCUT2D eigenvalue weighted by Crippen LogP contribution is 2.39. The first-order valence-corrected chi connectivity index (χ1v) is 5.59. The van der Waals surface area contributed by atoms with Gasteiger partial charge >= 0.3 is 0 Å². The Bertz CT molecular complexity index is 490. The summed E-state index contributed by atoms with van der Waals surface area (Å²) < 4.78 is 7.10. The topological polar surface area (TPSA) is 26.3 Å². The number of halogens is 1. The molecule has 1 aromatic heterocycles. The van der Waals surface area contributed by atoms with Crippen LogP contribution in [-0.4, -0.2) is 13.4 Å². The Morgan fingerprint density at radius 3 is 2.93 bits per heavy atom. The van der Waals surface area contributed by atoms with Crippen LogP contribution in [0.2, 0.25) is 0 Å². The van der Waals surface area contributed by atoms with Crippen LogP contribution in [0.15, 0.2) is 22.7 Å². The van der Waals surface area contributed by atoms with Crippen LogP contribution in [0, 0.1) is 0 Å². The molecular formula is C10H7BrO2S. The van der Waals surface area contributed by atoms with Gasteiger partial charge in [-0.3, -0.25) is 4.79 Å². The van der Waals surface area contributed by atoms with E-state index in [0.717, 1.165) is 26.6 Å². The molecule has 0 N–H and O–H groups in total. The van der Waals surface area contributed by atoms with Crippen LogP contribution in [-0.2, 0) is 0 Å². The summed E-state index contributed by atoms with van der Waals surface area (Å²) >= 11 is 4.86. The number of rotatable bonds is 2. The fourth-order valence-electron chi connectivity index (χ4n) is 1.34. The molecule has 0 saturated carbocycles. The van der Waals surface area contributed by atoms with Crippen LogP contribution in [0.3, 0.4) is 0 Å². The van der Waals surface area contributed by atoms with Crippen LogP contribution in [0.5, 0.6) is 5.75 Å². The average Bonchev–Trinajstić information content (AvgIpc) is 2.55. The minimum atomic E-state index is 0.699. The monoisotopic (exact) mass is 270 g/mol. The molecule has 0 aliphatic rings. The standard InChI is InChI=1S/C10H7BrO2S/c1-13-6-3-2-4-7-9(6)10(11)8(5-12)14-7/h2-5H,1H3. The molecule has 1 heterocycles. The molecule has 0 aliphatic heterocycles. The van der Waals surface area contributed by atoms with Gasteiger partial charge in [-0.2, -0.15) is 0 Å². The second kappa shape index (κ2) is 3.71. The van der Waals surface area contributed by atoms with Crippen molar-refractivity contribution in [1.29, 1.82) is 0 Å². The smallest absolute Gasteiger partial charge is 0.161 e. The van der Waals surface area contributed by atoms with Crippen LogP contribution >= 0.6 is 27.3 Å². The van der Waals surface area contributed by atoms with Crippen molar-refractivity contribution in [2.45, 2.75) is 0 Å². The Balaban J connectivity index is 2.85. The summed E-state index contributed by atoms with van der Waals surface area (Å²) in [6.45, 7) is 0. The average molecular weight is 271 g/mol. The van der Waals surface area contributed by atoms with E-state index < -0.39 is 0 Å². The third-order valence-electron chi connectivity index (χ3n) is 1.97. The number of aldehydes is 1. The first-order chi connectivity index (χ1) is 6.77. The van der Waals surface area contributed by atoms with E-state index >= 15 is 0 Å². The predicted molar refractivity (Wildman–Crippen MR) is 61.5 cm³/mol. The van der Waals surface area contributed by atoms with E-state index in [4.69, 9.17) is 4.74 Å². The fourth-order valence-corrected chi connectivity index (χ4v) is 3.15. The Morgan fingerprint density at radius 2 is 2.29 bits per heavy atom. The molecule has 0 spiro atoms. The maximum atomic E-state index is 10.7. The van der Waals surface area contributed by atoms with Crippen molar-refractivity contribution in [2.24, 2.45) is 0 Å². The Labute approximate surface area is 93.6 Å². The second-order valence-electron chi connectivity index (χ2n) is 2.73. The molecular weight excluding hydrogens is 264 g/mol. The maximum absolute atomic E-state index is 10.7. The minimum Gasteiger partial charge on any atom is -0.496 e. The summed E-state index contributed by atoms with van der Waals surface area (Å²) in [5.41, 5.74) is 0. The summed E-state index contributed by atoms with van der Waals surface area (Å²) in [7, 11) is 1.62. The SMILES string of the molecule is COc1cccc2sc(C=O)c(Br)c12. The molecule has 0 radical (unpaired) electrons. The van der Waals surface area contributed by atoms with Crippen molar-refractivity contribution in [3.8, 4) is 5.75 Å². The lowest BCUT2D eigenvalue weighted by Crippen LogP contribution is -1.82. The summed E-state index contributed by atoms with van der Waals surface area (Å²) in [6, 6.07) is 5.77. The molecule has 72 valence electrons. The number of carbonyl (C=O) groups is 1. The van der Waals surface area contributed by atoms with E-state index in [2.05, 4.69) is 15.9 Å². The molecule has 0 amide bonds. The number of ether oxygens (including phenoxy) is 1. The molecule has 0 aliphatic carbocycles. The number of methoxy groups -OCH3 is 1. The van der Waals surface area contributed by atoms with Gasteiger partial charge in [0.05, 0.1) is 16.5 Å². The van der Waals surface area contributed by atoms with E-state index in [1.54, 1.807) is 7.11 Å². The first kappa shape index (κ1) is 9.68. The van der Waals surface area contributed by atoms with Crippen LogP contribution in [0.1, 0.15) is 9.67 Å². The molecule has 0 saturated heterocycles. The largest absolute Gasteiger partial charge is 0.496 e. The summed E-state index contributed by atoms with van der Waals surface area (Å²) in [6.07, 6.45) is 0.855. The van der Waals surface area contributed by atoms with Gasteiger partial charge in [-0.25, -0.2) is 0 Å². The Morgan fingerprint density at radius 1 is 1.50 bits per heavy atom. The maximum Gasteiger partial charge on any atom is 0.161 e. The third-order valence-corrected chi connectivity index (χ3v) is 4.14. The first-order valence-electron chi connectivity index (χ1n) is 3.98. The van der Waals surface area contributed by atoms with Gasteiger partial charge in [0, 0.05) is 10.1 Å². The number of hydrogen-bond donors (Lipinski definition) is 0. The van der Waals surface area contributed by atoms with Crippen molar-refractivity contribution < 1.29 is 9.53 Å². The van der Waals surface area contributed by atoms with Gasteiger partial charge in [0.25, 0.3) is 0 Å². The van der Waals surface area contributed by atoms with Crippen LogP contribution < -0.4 is 4.74 Å². The Kier molecular flexibility index (Phi) is 2.56. The van der Waals surface area contributed by atoms with Gasteiger partial charge in [-0.15, -0.1) is 11.3 Å². The van der Waals surface area contributed by atoms with Gasteiger partial charge in [-0.05, 0) is 28.1 Å². The quantitative estimate of drug-likeness (QED) is 0.781. The zero-order chi connectivity index (χ0) is 10.1. The summed E-state index contributed by atoms with van der Waals surface area (Å²) in [5.74, 6) is 0.790. The van der Waals surface area contributed by atoms with E-state index in [1.165, 1.54) is 11.3 Å². The van der Waals surface area contributed by atoms with Gasteiger partial charge in [-0.1, -0.05) is 6.07 Å². The lowest BCUT2D eigenvalue weighted by molar-refractivity contribution is 0.112. The highest BCUT2D eigenvalue weighted by atomic mass is 79.9. The number of carbonyl (C=O) groups excluding carboxylic acids is 1. The van der Waals surface area contributed by atoms with Crippen molar-refractivity contribution in [3.63, 3.8) is 0 Å². The molecule has 0 atom stereocenters. The number of hydrogen-bond acceptors (Lipinski definition) is 3. The van der Waals surface area contributed by atoms with Gasteiger partial charge in [0.1, 0.15) is 5.75 Å². The van der Waals surface area contributed by atoms with Crippen LogP contribution in [0.4, 0.5) is 0 Å². The summed E-state index contributed by atoms with van der Waals surface area (Å²) in [5, 5.41) is 0.974. The second-order valence-corrected chi connectivity index (χ2v) is 4.61. The molecule has 2 aromatic rings. The van der Waals surface area contributed by atoms with Crippen LogP contribution in [0.25, 0.3) is 10.1 Å². The van der Waals surface area contributed by atoms with E-state index in [9.17, 15) is 4.79 Å². The van der Waals surface area contributed by atoms with Gasteiger partial charge in [0.15, 0.2) is 6.29 Å². The number of benzene rings is 1. The van der Waals surface area contributed by atoms with Crippen molar-refractivity contribution in [3.05, 3.63) is 27.5 Å². The Hall–Kier alpha value is -0.870. The normalized spacial score (nSPS) is 10.4. The molecule has 14 heavy (non-hydrogen) atoms. The van der Waals surface area contributed by atoms with Crippen molar-refractivity contribution in [2.75, 3.05) is 7.11 Å². The minimum absolute atomic E-state index is 0.699. The number of thiophene rings is 1. The molecule has 0 fully saturated rings. The molecule has 1 aromatic carbocycles. The lowest BCUT2D eigenvalue weighted by atomic mass is 10.2. The third kappa shape index (κ3) is 1.35. The highest BCUT2D eigenvalue weighted by Gasteiger charge is 2.12. The zero-order valence-electron chi connectivity index (χ0n) is 7.41. The fraction of sp³-hybridized carbons (Fsp3) is 0.100.